The molecule has 0 radical (unpaired) electrons. The number of fused-ring (bicyclic) bond motifs is 2. The normalized spacial score (nSPS) is 30.8. The summed E-state index contributed by atoms with van der Waals surface area (Å²) in [6, 6.07) is 6.41. The molecule has 2 heteroatoms. The predicted octanol–water partition coefficient (Wildman–Crippen LogP) is 4.61. The van der Waals surface area contributed by atoms with Crippen LogP contribution < -0.4 is 5.32 Å². The molecule has 1 N–H and O–H groups in total. The number of anilines is 1. The maximum atomic E-state index is 3.65. The number of rotatable bonds is 3. The summed E-state index contributed by atoms with van der Waals surface area (Å²) in [4.78, 5) is 0. The van der Waals surface area contributed by atoms with Crippen LogP contribution in [-0.2, 0) is 0 Å². The standard InChI is InChI=1S/C15H20BrN/c1-10-14(16)3-2-4-15(10)17-9-13-8-11-5-6-12(13)7-11/h2-4,11-13,17H,5-9H2,1H3. The van der Waals surface area contributed by atoms with Crippen LogP contribution in [-0.4, -0.2) is 6.54 Å². The van der Waals surface area contributed by atoms with Crippen LogP contribution in [0.15, 0.2) is 22.7 Å². The van der Waals surface area contributed by atoms with Gasteiger partial charge in [-0.05, 0) is 61.6 Å². The molecule has 17 heavy (non-hydrogen) atoms. The SMILES string of the molecule is Cc1c(Br)cccc1NCC1CC2CCC1C2. The molecule has 1 nitrogen and oxygen atoms in total. The lowest BCUT2D eigenvalue weighted by Gasteiger charge is -2.23. The Kier molecular flexibility index (Phi) is 3.16. The highest BCUT2D eigenvalue weighted by molar-refractivity contribution is 9.10. The van der Waals surface area contributed by atoms with Gasteiger partial charge in [-0.1, -0.05) is 28.4 Å². The number of benzene rings is 1. The van der Waals surface area contributed by atoms with E-state index in [0.717, 1.165) is 17.8 Å². The molecule has 1 aromatic carbocycles. The van der Waals surface area contributed by atoms with Crippen molar-refractivity contribution < 1.29 is 0 Å². The molecule has 0 heterocycles. The van der Waals surface area contributed by atoms with Crippen LogP contribution in [0.1, 0.15) is 31.2 Å². The second kappa shape index (κ2) is 4.64. The van der Waals surface area contributed by atoms with Crippen LogP contribution in [0.3, 0.4) is 0 Å². The van der Waals surface area contributed by atoms with E-state index in [1.54, 1.807) is 0 Å². The fourth-order valence-electron chi connectivity index (χ4n) is 3.67. The van der Waals surface area contributed by atoms with Crippen molar-refractivity contribution in [1.29, 1.82) is 0 Å². The zero-order valence-corrected chi connectivity index (χ0v) is 12.0. The summed E-state index contributed by atoms with van der Waals surface area (Å²) in [5.74, 6) is 2.99. The van der Waals surface area contributed by atoms with E-state index in [9.17, 15) is 0 Å². The maximum Gasteiger partial charge on any atom is 0.0381 e. The van der Waals surface area contributed by atoms with Gasteiger partial charge >= 0.3 is 0 Å². The molecule has 92 valence electrons. The second-order valence-electron chi connectivity index (χ2n) is 5.73. The number of hydrogen-bond acceptors (Lipinski definition) is 1. The molecule has 2 saturated carbocycles. The van der Waals surface area contributed by atoms with E-state index in [-0.39, 0.29) is 0 Å². The third-order valence-electron chi connectivity index (χ3n) is 4.71. The van der Waals surface area contributed by atoms with Gasteiger partial charge in [0.05, 0.1) is 0 Å². The molecule has 0 amide bonds. The molecule has 3 unspecified atom stereocenters. The first-order chi connectivity index (χ1) is 8.24. The Hall–Kier alpha value is -0.500. The van der Waals surface area contributed by atoms with Crippen LogP contribution in [0.4, 0.5) is 5.69 Å². The Labute approximate surface area is 112 Å². The molecular formula is C15H20BrN. The summed E-state index contributed by atoms with van der Waals surface area (Å²) in [6.07, 6.45) is 5.94. The van der Waals surface area contributed by atoms with Crippen molar-refractivity contribution in [3.05, 3.63) is 28.2 Å². The van der Waals surface area contributed by atoms with Gasteiger partial charge in [0, 0.05) is 16.7 Å². The van der Waals surface area contributed by atoms with Crippen LogP contribution in [0.25, 0.3) is 0 Å². The van der Waals surface area contributed by atoms with Gasteiger partial charge in [-0.25, -0.2) is 0 Å². The van der Waals surface area contributed by atoms with E-state index >= 15 is 0 Å². The molecular weight excluding hydrogens is 274 g/mol. The molecule has 1 aromatic rings. The molecule has 0 aliphatic heterocycles. The van der Waals surface area contributed by atoms with E-state index in [4.69, 9.17) is 0 Å². The minimum atomic E-state index is 0.923. The topological polar surface area (TPSA) is 12.0 Å². The highest BCUT2D eigenvalue weighted by Gasteiger charge is 2.38. The molecule has 0 aromatic heterocycles. The van der Waals surface area contributed by atoms with Crippen molar-refractivity contribution in [2.24, 2.45) is 17.8 Å². The van der Waals surface area contributed by atoms with Gasteiger partial charge in [0.2, 0.25) is 0 Å². The highest BCUT2D eigenvalue weighted by Crippen LogP contribution is 2.48. The Morgan fingerprint density at radius 1 is 1.29 bits per heavy atom. The van der Waals surface area contributed by atoms with Gasteiger partial charge in [0.25, 0.3) is 0 Å². The fourth-order valence-corrected chi connectivity index (χ4v) is 4.03. The third-order valence-corrected chi connectivity index (χ3v) is 5.57. The summed E-state index contributed by atoms with van der Waals surface area (Å²) in [7, 11) is 0. The zero-order chi connectivity index (χ0) is 11.8. The molecule has 2 bridgehead atoms. The van der Waals surface area contributed by atoms with E-state index in [2.05, 4.69) is 46.4 Å². The number of halogens is 1. The molecule has 3 atom stereocenters. The van der Waals surface area contributed by atoms with E-state index in [1.807, 2.05) is 0 Å². The van der Waals surface area contributed by atoms with Crippen LogP contribution >= 0.6 is 15.9 Å². The van der Waals surface area contributed by atoms with Gasteiger partial charge in [0.1, 0.15) is 0 Å². The van der Waals surface area contributed by atoms with Crippen LogP contribution in [0.5, 0.6) is 0 Å². The Balaban J connectivity index is 1.62. The second-order valence-corrected chi connectivity index (χ2v) is 6.58. The first-order valence-corrected chi connectivity index (χ1v) is 7.52. The lowest BCUT2D eigenvalue weighted by atomic mass is 9.89. The maximum absolute atomic E-state index is 3.65. The van der Waals surface area contributed by atoms with Gasteiger partial charge < -0.3 is 5.32 Å². The Morgan fingerprint density at radius 3 is 2.88 bits per heavy atom. The first kappa shape index (κ1) is 11.6. The predicted molar refractivity (Wildman–Crippen MR) is 76.3 cm³/mol. The van der Waals surface area contributed by atoms with Gasteiger partial charge in [-0.3, -0.25) is 0 Å². The number of hydrogen-bond donors (Lipinski definition) is 1. The van der Waals surface area contributed by atoms with E-state index in [0.29, 0.717) is 0 Å². The summed E-state index contributed by atoms with van der Waals surface area (Å²) < 4.78 is 1.20. The Morgan fingerprint density at radius 2 is 2.18 bits per heavy atom. The van der Waals surface area contributed by atoms with Gasteiger partial charge in [0.15, 0.2) is 0 Å². The quantitative estimate of drug-likeness (QED) is 0.858. The van der Waals surface area contributed by atoms with Gasteiger partial charge in [-0.15, -0.1) is 0 Å². The lowest BCUT2D eigenvalue weighted by Crippen LogP contribution is -2.20. The third kappa shape index (κ3) is 2.24. The van der Waals surface area contributed by atoms with Crippen molar-refractivity contribution in [1.82, 2.24) is 0 Å². The summed E-state index contributed by atoms with van der Waals surface area (Å²) >= 11 is 3.59. The van der Waals surface area contributed by atoms with Crippen LogP contribution in [0.2, 0.25) is 0 Å². The lowest BCUT2D eigenvalue weighted by molar-refractivity contribution is 0.348. The summed E-state index contributed by atoms with van der Waals surface area (Å²) in [5.41, 5.74) is 2.62. The molecule has 2 aliphatic carbocycles. The van der Waals surface area contributed by atoms with Crippen molar-refractivity contribution in [2.45, 2.75) is 32.6 Å². The largest absolute Gasteiger partial charge is 0.385 e. The monoisotopic (exact) mass is 293 g/mol. The molecule has 3 rings (SSSR count). The Bertz CT molecular complexity index is 415. The average molecular weight is 294 g/mol. The van der Waals surface area contributed by atoms with Crippen molar-refractivity contribution in [3.63, 3.8) is 0 Å². The summed E-state index contributed by atoms with van der Waals surface area (Å²) in [6.45, 7) is 3.34. The van der Waals surface area contributed by atoms with Crippen molar-refractivity contribution >= 4 is 21.6 Å². The van der Waals surface area contributed by atoms with Crippen molar-refractivity contribution in [2.75, 3.05) is 11.9 Å². The first-order valence-electron chi connectivity index (χ1n) is 6.73. The molecule has 2 aliphatic rings. The molecule has 2 fully saturated rings. The molecule has 0 saturated heterocycles. The molecule has 0 spiro atoms. The van der Waals surface area contributed by atoms with Crippen molar-refractivity contribution in [3.8, 4) is 0 Å². The highest BCUT2D eigenvalue weighted by atomic mass is 79.9. The minimum absolute atomic E-state index is 0.923. The van der Waals surface area contributed by atoms with E-state index < -0.39 is 0 Å². The minimum Gasteiger partial charge on any atom is -0.385 e. The average Bonchev–Trinajstić information content (AvgIpc) is 2.93. The van der Waals surface area contributed by atoms with E-state index in [1.165, 1.54) is 48.0 Å². The zero-order valence-electron chi connectivity index (χ0n) is 10.4. The van der Waals surface area contributed by atoms with Crippen LogP contribution in [0, 0.1) is 24.7 Å². The fraction of sp³-hybridized carbons (Fsp3) is 0.600. The smallest absolute Gasteiger partial charge is 0.0381 e. The number of nitrogens with one attached hydrogen (secondary N) is 1. The summed E-state index contributed by atoms with van der Waals surface area (Å²) in [5, 5.41) is 3.65. The van der Waals surface area contributed by atoms with Gasteiger partial charge in [-0.2, -0.15) is 0 Å².